The number of carbonyl (C=O) groups excluding carboxylic acids is 4. The van der Waals surface area contributed by atoms with Gasteiger partial charge in [-0.05, 0) is 49.5 Å². The third kappa shape index (κ3) is 3.83. The molecule has 3 aliphatic heterocycles. The predicted octanol–water partition coefficient (Wildman–Crippen LogP) is 4.08. The summed E-state index contributed by atoms with van der Waals surface area (Å²) < 4.78 is 50.9. The molecule has 6 fully saturated rings. The lowest BCUT2D eigenvalue weighted by Gasteiger charge is -2.76. The van der Waals surface area contributed by atoms with Crippen molar-refractivity contribution in [3.05, 3.63) is 71.7 Å². The summed E-state index contributed by atoms with van der Waals surface area (Å²) in [5.74, 6) is -6.04. The van der Waals surface area contributed by atoms with Gasteiger partial charge in [-0.3, -0.25) is 9.59 Å². The number of cyclic esters (lactones) is 1. The molecule has 4 saturated carbocycles. The number of carbonyl (C=O) groups is 4. The molecule has 14 atom stereocenters. The molecule has 0 amide bonds. The molecule has 4 aliphatic carbocycles. The second-order valence-electron chi connectivity index (χ2n) is 17.2. The van der Waals surface area contributed by atoms with Gasteiger partial charge < -0.3 is 47.8 Å². The molecule has 2 saturated heterocycles. The van der Waals surface area contributed by atoms with Crippen molar-refractivity contribution in [3.8, 4) is 0 Å². The minimum absolute atomic E-state index is 0.137. The van der Waals surface area contributed by atoms with Crippen LogP contribution in [0.2, 0.25) is 0 Å². The molecule has 1 aromatic heterocycles. The first-order valence-corrected chi connectivity index (χ1v) is 18.9. The summed E-state index contributed by atoms with van der Waals surface area (Å²) in [4.78, 5) is 54.6. The SMILES string of the molecule is CC[C@H](C)[C@@]12O[C@@H]3[C@@]4(O)[C@@H](OC(=O)c5ccccc5)[C@]5(C)C[C@@]4(O)[C@@](C)([C@H]5CC(=O)OC)[C@]4(C[C@H](OC(C)=O)[C@]5(C)C(=CC(=O)O[C@H]5c5ccoc5)[C@@]34O1)O2. The van der Waals surface area contributed by atoms with E-state index in [2.05, 4.69) is 0 Å². The molecule has 9 rings (SSSR count). The number of hydrogen-bond donors (Lipinski definition) is 2. The van der Waals surface area contributed by atoms with E-state index in [1.807, 2.05) is 13.8 Å². The molecular formula is C41H46O14. The van der Waals surface area contributed by atoms with Gasteiger partial charge in [-0.25, -0.2) is 9.59 Å². The van der Waals surface area contributed by atoms with Gasteiger partial charge in [-0.1, -0.05) is 45.9 Å². The number of aliphatic hydroxyl groups is 2. The fourth-order valence-corrected chi connectivity index (χ4v) is 12.7. The number of ether oxygens (including phenoxy) is 7. The third-order valence-corrected chi connectivity index (χ3v) is 15.1. The van der Waals surface area contributed by atoms with Gasteiger partial charge in [-0.2, -0.15) is 0 Å². The molecule has 7 aliphatic rings. The van der Waals surface area contributed by atoms with Crippen molar-refractivity contribution >= 4 is 23.9 Å². The van der Waals surface area contributed by atoms with Crippen molar-refractivity contribution in [2.24, 2.45) is 28.1 Å². The highest BCUT2D eigenvalue weighted by Crippen LogP contribution is 2.88. The van der Waals surface area contributed by atoms with E-state index < -0.39 is 105 Å². The highest BCUT2D eigenvalue weighted by molar-refractivity contribution is 5.90. The molecule has 14 nitrogen and oxygen atoms in total. The highest BCUT2D eigenvalue weighted by atomic mass is 17.0. The lowest BCUT2D eigenvalue weighted by Crippen LogP contribution is -2.93. The fraction of sp³-hybridized carbons (Fsp3) is 0.610. The van der Waals surface area contributed by atoms with Crippen LogP contribution in [0.25, 0.3) is 0 Å². The Morgan fingerprint density at radius 1 is 1.04 bits per heavy atom. The average Bonchev–Trinajstić information content (AvgIpc) is 3.94. The number of fused-ring (bicyclic) bond motifs is 4. The number of esters is 4. The van der Waals surface area contributed by atoms with Crippen LogP contribution < -0.4 is 0 Å². The molecule has 1 aromatic carbocycles. The maximum Gasteiger partial charge on any atom is 0.338 e. The van der Waals surface area contributed by atoms with Crippen molar-refractivity contribution in [2.75, 3.05) is 7.11 Å². The first-order chi connectivity index (χ1) is 25.9. The summed E-state index contributed by atoms with van der Waals surface area (Å²) in [5.41, 5.74) is -11.7. The molecule has 2 aromatic rings. The fourth-order valence-electron chi connectivity index (χ4n) is 12.7. The van der Waals surface area contributed by atoms with Crippen LogP contribution in [-0.2, 0) is 47.5 Å². The number of rotatable bonds is 8. The lowest BCUT2D eigenvalue weighted by molar-refractivity contribution is -0.457. The van der Waals surface area contributed by atoms with Gasteiger partial charge in [0.15, 0.2) is 11.2 Å². The van der Waals surface area contributed by atoms with Crippen LogP contribution in [-0.4, -0.2) is 87.9 Å². The van der Waals surface area contributed by atoms with Gasteiger partial charge in [0, 0.05) is 48.2 Å². The van der Waals surface area contributed by atoms with Crippen molar-refractivity contribution in [1.29, 1.82) is 0 Å². The molecule has 2 N–H and O–H groups in total. The van der Waals surface area contributed by atoms with Crippen LogP contribution in [0.4, 0.5) is 0 Å². The average molecular weight is 763 g/mol. The van der Waals surface area contributed by atoms with Crippen molar-refractivity contribution in [2.45, 2.75) is 120 Å². The molecule has 0 radical (unpaired) electrons. The Morgan fingerprint density at radius 2 is 1.76 bits per heavy atom. The third-order valence-electron chi connectivity index (χ3n) is 15.1. The second-order valence-corrected chi connectivity index (χ2v) is 17.2. The predicted molar refractivity (Wildman–Crippen MR) is 185 cm³/mol. The summed E-state index contributed by atoms with van der Waals surface area (Å²) >= 11 is 0. The van der Waals surface area contributed by atoms with Gasteiger partial charge in [-0.15, -0.1) is 0 Å². The first-order valence-electron chi connectivity index (χ1n) is 18.9. The molecule has 4 bridgehead atoms. The van der Waals surface area contributed by atoms with E-state index in [9.17, 15) is 29.4 Å². The minimum Gasteiger partial charge on any atom is -0.472 e. The Morgan fingerprint density at radius 3 is 2.40 bits per heavy atom. The smallest absolute Gasteiger partial charge is 0.338 e. The van der Waals surface area contributed by atoms with Crippen LogP contribution in [0, 0.1) is 28.1 Å². The van der Waals surface area contributed by atoms with Crippen LogP contribution >= 0.6 is 0 Å². The van der Waals surface area contributed by atoms with Gasteiger partial charge in [0.05, 0.1) is 30.6 Å². The zero-order valence-corrected chi connectivity index (χ0v) is 31.8. The monoisotopic (exact) mass is 762 g/mol. The van der Waals surface area contributed by atoms with Crippen LogP contribution in [0.15, 0.2) is 65.0 Å². The Labute approximate surface area is 317 Å². The van der Waals surface area contributed by atoms with E-state index in [0.717, 1.165) is 0 Å². The van der Waals surface area contributed by atoms with Crippen LogP contribution in [0.3, 0.4) is 0 Å². The van der Waals surface area contributed by atoms with Gasteiger partial charge in [0.2, 0.25) is 0 Å². The molecule has 0 unspecified atom stereocenters. The van der Waals surface area contributed by atoms with Crippen molar-refractivity contribution < 1.29 is 67.0 Å². The van der Waals surface area contributed by atoms with E-state index in [-0.39, 0.29) is 30.4 Å². The van der Waals surface area contributed by atoms with E-state index in [1.54, 1.807) is 57.2 Å². The topological polar surface area (TPSA) is 186 Å². The summed E-state index contributed by atoms with van der Waals surface area (Å²) in [7, 11) is 1.26. The van der Waals surface area contributed by atoms with Crippen LogP contribution in [0.5, 0.6) is 0 Å². The van der Waals surface area contributed by atoms with E-state index in [0.29, 0.717) is 12.0 Å². The molecular weight excluding hydrogens is 716 g/mol. The second kappa shape index (κ2) is 11.1. The van der Waals surface area contributed by atoms with E-state index >= 15 is 0 Å². The first kappa shape index (κ1) is 36.6. The molecule has 55 heavy (non-hydrogen) atoms. The summed E-state index contributed by atoms with van der Waals surface area (Å²) in [5, 5.41) is 27.4. The maximum absolute atomic E-state index is 14.1. The van der Waals surface area contributed by atoms with Crippen molar-refractivity contribution in [1.82, 2.24) is 0 Å². The van der Waals surface area contributed by atoms with Crippen LogP contribution in [0.1, 0.15) is 89.3 Å². The minimum atomic E-state index is -2.43. The van der Waals surface area contributed by atoms with E-state index in [1.165, 1.54) is 32.6 Å². The zero-order chi connectivity index (χ0) is 39.4. The number of methoxy groups -OCH3 is 1. The molecule has 4 heterocycles. The normalized spacial score (nSPS) is 47.3. The van der Waals surface area contributed by atoms with Gasteiger partial charge >= 0.3 is 23.9 Å². The standard InChI is InChI=1S/C41H46O14/c1-8-21(2)41-53-33-39(47)32(52-31(45)23-12-10-9-11-13-23)34(4)20-37(39,46)36(6,25(34)16-28(43)48-7)38(54-41)18-27(50-22(3)42)35(5)26(40(33,38)55-41)17-29(44)51-30(35)24-14-15-49-19-24/h9-15,17,19,21,25,27,30,32-33,46-47H,8,16,18,20H2,1-7H3/t21-,25-,27-,30-,32-,33+,34+,35-,36+,37+,38-,39-,40+,41-/m0/s1. The number of benzene rings is 1. The quantitative estimate of drug-likeness (QED) is 0.289. The number of furan rings is 1. The Kier molecular flexibility index (Phi) is 7.35. The summed E-state index contributed by atoms with van der Waals surface area (Å²) in [6.45, 7) is 10.4. The van der Waals surface area contributed by atoms with Gasteiger partial charge in [0.25, 0.3) is 5.97 Å². The maximum atomic E-state index is 14.1. The van der Waals surface area contributed by atoms with Gasteiger partial charge in [0.1, 0.15) is 35.6 Å². The molecule has 1 spiro atoms. The Bertz CT molecular complexity index is 2030. The van der Waals surface area contributed by atoms with E-state index in [4.69, 9.17) is 37.6 Å². The lowest BCUT2D eigenvalue weighted by atomic mass is 9.34. The van der Waals surface area contributed by atoms with Crippen molar-refractivity contribution in [3.63, 3.8) is 0 Å². The molecule has 14 heteroatoms. The molecule has 294 valence electrons. The Hall–Kier alpha value is -4.08. The zero-order valence-electron chi connectivity index (χ0n) is 31.8. The Balaban J connectivity index is 1.36. The number of hydrogen-bond acceptors (Lipinski definition) is 14. The summed E-state index contributed by atoms with van der Waals surface area (Å²) in [6, 6.07) is 9.92. The summed E-state index contributed by atoms with van der Waals surface area (Å²) in [6.07, 6.45) is -1.13. The highest BCUT2D eigenvalue weighted by Gasteiger charge is 3.03. The largest absolute Gasteiger partial charge is 0.472 e.